The van der Waals surface area contributed by atoms with Crippen molar-refractivity contribution in [2.75, 3.05) is 22.9 Å². The molecule has 0 saturated carbocycles. The van der Waals surface area contributed by atoms with E-state index in [1.807, 2.05) is 0 Å². The van der Waals surface area contributed by atoms with Crippen molar-refractivity contribution in [1.82, 2.24) is 4.98 Å². The van der Waals surface area contributed by atoms with E-state index in [9.17, 15) is 0 Å². The zero-order valence-corrected chi connectivity index (χ0v) is 9.11. The lowest BCUT2D eigenvalue weighted by atomic mass is 10.0. The zero-order valence-electron chi connectivity index (χ0n) is 9.11. The molecule has 0 bridgehead atoms. The van der Waals surface area contributed by atoms with E-state index >= 15 is 0 Å². The van der Waals surface area contributed by atoms with Gasteiger partial charge >= 0.3 is 0 Å². The molecule has 0 aromatic carbocycles. The summed E-state index contributed by atoms with van der Waals surface area (Å²) >= 11 is 0. The Morgan fingerprint density at radius 3 is 2.87 bits per heavy atom. The van der Waals surface area contributed by atoms with E-state index in [2.05, 4.69) is 16.8 Å². The maximum Gasteiger partial charge on any atom is 0.152 e. The average Bonchev–Trinajstić information content (AvgIpc) is 2.20. The normalized spacial score (nSPS) is 21.7. The van der Waals surface area contributed by atoms with E-state index in [1.54, 1.807) is 12.3 Å². The molecule has 0 radical (unpaired) electrons. The number of piperidine rings is 1. The van der Waals surface area contributed by atoms with Gasteiger partial charge in [-0.05, 0) is 32.3 Å². The summed E-state index contributed by atoms with van der Waals surface area (Å²) in [6.07, 6.45) is 5.40. The number of hydrogen-bond acceptors (Lipinski definition) is 4. The van der Waals surface area contributed by atoms with Crippen LogP contribution in [0.1, 0.15) is 26.2 Å². The molecule has 1 aliphatic heterocycles. The van der Waals surface area contributed by atoms with Gasteiger partial charge in [0.1, 0.15) is 0 Å². The Morgan fingerprint density at radius 2 is 2.20 bits per heavy atom. The Labute approximate surface area is 90.3 Å². The summed E-state index contributed by atoms with van der Waals surface area (Å²) in [7, 11) is 0. The van der Waals surface area contributed by atoms with Crippen LogP contribution in [-0.2, 0) is 0 Å². The molecule has 2 rings (SSSR count). The fraction of sp³-hybridized carbons (Fsp3) is 0.545. The van der Waals surface area contributed by atoms with Gasteiger partial charge in [0, 0.05) is 12.6 Å². The lowest BCUT2D eigenvalue weighted by molar-refractivity contribution is 0.482. The highest BCUT2D eigenvalue weighted by molar-refractivity contribution is 5.67. The van der Waals surface area contributed by atoms with Gasteiger partial charge in [0.2, 0.25) is 0 Å². The molecule has 1 aliphatic rings. The Morgan fingerprint density at radius 1 is 1.40 bits per heavy atom. The van der Waals surface area contributed by atoms with Crippen molar-refractivity contribution in [3.63, 3.8) is 0 Å². The summed E-state index contributed by atoms with van der Waals surface area (Å²) in [6.45, 7) is 3.26. The van der Waals surface area contributed by atoms with Gasteiger partial charge in [-0.1, -0.05) is 0 Å². The van der Waals surface area contributed by atoms with E-state index in [4.69, 9.17) is 11.5 Å². The van der Waals surface area contributed by atoms with E-state index in [0.29, 0.717) is 17.4 Å². The molecule has 4 N–H and O–H groups in total. The highest BCUT2D eigenvalue weighted by Crippen LogP contribution is 2.28. The molecular formula is C11H18N4. The molecule has 82 valence electrons. The first kappa shape index (κ1) is 10.1. The molecule has 0 unspecified atom stereocenters. The summed E-state index contributed by atoms with van der Waals surface area (Å²) in [5, 5.41) is 0. The SMILES string of the molecule is C[C@H]1CCCCN1c1ncc(N)cc1N. The van der Waals surface area contributed by atoms with Crippen LogP contribution in [0.15, 0.2) is 12.3 Å². The van der Waals surface area contributed by atoms with Gasteiger partial charge in [0.25, 0.3) is 0 Å². The van der Waals surface area contributed by atoms with E-state index in [-0.39, 0.29) is 0 Å². The Kier molecular flexibility index (Phi) is 2.66. The summed E-state index contributed by atoms with van der Waals surface area (Å²) in [5.41, 5.74) is 12.9. The van der Waals surface area contributed by atoms with Crippen LogP contribution >= 0.6 is 0 Å². The molecule has 1 atom stereocenters. The van der Waals surface area contributed by atoms with Crippen molar-refractivity contribution in [2.45, 2.75) is 32.2 Å². The van der Waals surface area contributed by atoms with Crippen LogP contribution in [0.3, 0.4) is 0 Å². The smallest absolute Gasteiger partial charge is 0.152 e. The van der Waals surface area contributed by atoms with Crippen molar-refractivity contribution < 1.29 is 0 Å². The molecule has 1 aromatic rings. The largest absolute Gasteiger partial charge is 0.397 e. The first-order chi connectivity index (χ1) is 7.18. The molecule has 15 heavy (non-hydrogen) atoms. The molecule has 4 heteroatoms. The number of nitrogen functional groups attached to an aromatic ring is 2. The van der Waals surface area contributed by atoms with Crippen LogP contribution in [0.5, 0.6) is 0 Å². The van der Waals surface area contributed by atoms with Gasteiger partial charge in [-0.3, -0.25) is 0 Å². The van der Waals surface area contributed by atoms with Gasteiger partial charge in [-0.15, -0.1) is 0 Å². The second-order valence-electron chi connectivity index (χ2n) is 4.22. The Hall–Kier alpha value is -1.45. The third kappa shape index (κ3) is 1.98. The molecule has 1 aromatic heterocycles. The number of pyridine rings is 1. The molecule has 1 saturated heterocycles. The van der Waals surface area contributed by atoms with Crippen LogP contribution in [0.4, 0.5) is 17.2 Å². The standard InChI is InChI=1S/C11H18N4/c1-8-4-2-3-5-15(8)11-10(13)6-9(12)7-14-11/h6-8H,2-5,12-13H2,1H3/t8-/m0/s1. The van der Waals surface area contributed by atoms with Crippen molar-refractivity contribution in [1.29, 1.82) is 0 Å². The van der Waals surface area contributed by atoms with Crippen molar-refractivity contribution >= 4 is 17.2 Å². The van der Waals surface area contributed by atoms with Gasteiger partial charge in [0.05, 0.1) is 17.6 Å². The minimum atomic E-state index is 0.525. The maximum atomic E-state index is 5.93. The molecule has 0 aliphatic carbocycles. The Balaban J connectivity index is 2.27. The molecule has 0 amide bonds. The van der Waals surface area contributed by atoms with Crippen LogP contribution in [0.2, 0.25) is 0 Å². The molecule has 2 heterocycles. The highest BCUT2D eigenvalue weighted by Gasteiger charge is 2.21. The third-order valence-corrected chi connectivity index (χ3v) is 2.99. The van der Waals surface area contributed by atoms with Crippen LogP contribution < -0.4 is 16.4 Å². The lowest BCUT2D eigenvalue weighted by Gasteiger charge is -2.35. The average molecular weight is 206 g/mol. The number of aromatic nitrogens is 1. The van der Waals surface area contributed by atoms with E-state index < -0.39 is 0 Å². The molecular weight excluding hydrogens is 188 g/mol. The number of rotatable bonds is 1. The predicted octanol–water partition coefficient (Wildman–Crippen LogP) is 1.62. The van der Waals surface area contributed by atoms with Gasteiger partial charge in [-0.2, -0.15) is 0 Å². The third-order valence-electron chi connectivity index (χ3n) is 2.99. The quantitative estimate of drug-likeness (QED) is 0.732. The van der Waals surface area contributed by atoms with Gasteiger partial charge in [0.15, 0.2) is 5.82 Å². The highest BCUT2D eigenvalue weighted by atomic mass is 15.2. The summed E-state index contributed by atoms with van der Waals surface area (Å²) in [4.78, 5) is 6.60. The number of hydrogen-bond donors (Lipinski definition) is 2. The van der Waals surface area contributed by atoms with Crippen LogP contribution in [0.25, 0.3) is 0 Å². The fourth-order valence-electron chi connectivity index (χ4n) is 2.14. The first-order valence-electron chi connectivity index (χ1n) is 5.46. The van der Waals surface area contributed by atoms with Crippen molar-refractivity contribution in [3.05, 3.63) is 12.3 Å². The van der Waals surface area contributed by atoms with Gasteiger partial charge < -0.3 is 16.4 Å². The van der Waals surface area contributed by atoms with Crippen LogP contribution in [-0.4, -0.2) is 17.6 Å². The lowest BCUT2D eigenvalue weighted by Crippen LogP contribution is -2.38. The predicted molar refractivity (Wildman–Crippen MR) is 63.7 cm³/mol. The van der Waals surface area contributed by atoms with Gasteiger partial charge in [-0.25, -0.2) is 4.98 Å². The maximum absolute atomic E-state index is 5.93. The second kappa shape index (κ2) is 3.96. The number of nitrogens with two attached hydrogens (primary N) is 2. The summed E-state index contributed by atoms with van der Waals surface area (Å²) in [6, 6.07) is 2.31. The van der Waals surface area contributed by atoms with E-state index in [0.717, 1.165) is 12.4 Å². The fourth-order valence-corrected chi connectivity index (χ4v) is 2.14. The first-order valence-corrected chi connectivity index (χ1v) is 5.46. The van der Waals surface area contributed by atoms with Crippen LogP contribution in [0, 0.1) is 0 Å². The summed E-state index contributed by atoms with van der Waals surface area (Å²) in [5.74, 6) is 0.886. The van der Waals surface area contributed by atoms with E-state index in [1.165, 1.54) is 19.3 Å². The molecule has 4 nitrogen and oxygen atoms in total. The summed E-state index contributed by atoms with van der Waals surface area (Å²) < 4.78 is 0. The molecule has 1 fully saturated rings. The minimum absolute atomic E-state index is 0.525. The monoisotopic (exact) mass is 206 g/mol. The topological polar surface area (TPSA) is 68.2 Å². The number of anilines is 3. The number of nitrogens with zero attached hydrogens (tertiary/aromatic N) is 2. The van der Waals surface area contributed by atoms with Crippen molar-refractivity contribution in [3.8, 4) is 0 Å². The minimum Gasteiger partial charge on any atom is -0.397 e. The zero-order chi connectivity index (χ0) is 10.8. The van der Waals surface area contributed by atoms with Crippen molar-refractivity contribution in [2.24, 2.45) is 0 Å². The second-order valence-corrected chi connectivity index (χ2v) is 4.22. The Bertz CT molecular complexity index is 350. The molecule has 0 spiro atoms.